The van der Waals surface area contributed by atoms with Crippen LogP contribution in [0, 0.1) is 0 Å². The molecule has 14 nitrogen and oxygen atoms in total. The van der Waals surface area contributed by atoms with Crippen molar-refractivity contribution in [2.24, 2.45) is 0 Å². The summed E-state index contributed by atoms with van der Waals surface area (Å²) >= 11 is 0. The molecule has 2 N–H and O–H groups in total. The molecule has 0 radical (unpaired) electrons. The first-order valence-electron chi connectivity index (χ1n) is 20.2. The molecule has 2 atom stereocenters. The third-order valence-corrected chi connectivity index (χ3v) is 12.2. The third-order valence-electron chi connectivity index (χ3n) is 12.2. The zero-order chi connectivity index (χ0) is 37.3. The first kappa shape index (κ1) is 37.3. The maximum absolute atomic E-state index is 14.6. The second-order valence-electron chi connectivity index (χ2n) is 16.0. The molecule has 0 bridgehead atoms. The zero-order valence-corrected chi connectivity index (χ0v) is 32.0. The smallest absolute Gasteiger partial charge is 0.263 e. The number of imide groups is 2. The maximum Gasteiger partial charge on any atom is 0.263 e. The van der Waals surface area contributed by atoms with Crippen molar-refractivity contribution in [3.8, 4) is 0 Å². The van der Waals surface area contributed by atoms with Gasteiger partial charge in [-0.1, -0.05) is 0 Å². The van der Waals surface area contributed by atoms with Crippen molar-refractivity contribution in [2.75, 3.05) is 130 Å². The Labute approximate surface area is 318 Å². The van der Waals surface area contributed by atoms with Gasteiger partial charge in [0.15, 0.2) is 0 Å². The lowest BCUT2D eigenvalue weighted by molar-refractivity contribution is 0.0425. The summed E-state index contributed by atoms with van der Waals surface area (Å²) in [4.78, 5) is 70.2. The van der Waals surface area contributed by atoms with Crippen LogP contribution in [0.15, 0.2) is 12.1 Å². The molecule has 6 aliphatic rings. The Morgan fingerprint density at radius 3 is 1.37 bits per heavy atom. The molecule has 2 aromatic rings. The normalized spacial score (nSPS) is 24.4. The van der Waals surface area contributed by atoms with Gasteiger partial charge < -0.3 is 39.7 Å². The maximum atomic E-state index is 14.6. The standard InChI is InChI=1S/C40H56N8O6/c1-43-13-17-45(18-14-43)11-5-9-41-31-23-29-34-33-30(38(50)47(39(51)35(31)33)25-27-7-3-21-53-27)24-32(42-10-6-12-46-19-15-44(2)16-20-46)36(34)40(52)48(37(29)49)26-28-8-4-22-54-28/h23-24,27-28,41-42H,3-22,25-26H2,1-2H3/t27-,28+. The van der Waals surface area contributed by atoms with Crippen LogP contribution in [0.5, 0.6) is 0 Å². The summed E-state index contributed by atoms with van der Waals surface area (Å²) < 4.78 is 11.8. The highest BCUT2D eigenvalue weighted by Gasteiger charge is 2.44. The van der Waals surface area contributed by atoms with Gasteiger partial charge in [0.25, 0.3) is 23.6 Å². The van der Waals surface area contributed by atoms with Gasteiger partial charge in [-0.15, -0.1) is 0 Å². The molecule has 4 fully saturated rings. The van der Waals surface area contributed by atoms with Crippen LogP contribution >= 0.6 is 0 Å². The van der Waals surface area contributed by atoms with E-state index in [1.807, 2.05) is 0 Å². The summed E-state index contributed by atoms with van der Waals surface area (Å²) in [5.74, 6) is -1.68. The topological polar surface area (TPSA) is 130 Å². The van der Waals surface area contributed by atoms with Crippen molar-refractivity contribution in [2.45, 2.75) is 50.7 Å². The quantitative estimate of drug-likeness (QED) is 0.218. The summed E-state index contributed by atoms with van der Waals surface area (Å²) in [6.45, 7) is 12.7. The van der Waals surface area contributed by atoms with Crippen LogP contribution in [-0.4, -0.2) is 184 Å². The van der Waals surface area contributed by atoms with Gasteiger partial charge in [-0.05, 0) is 77.8 Å². The molecule has 4 saturated heterocycles. The number of nitrogens with zero attached hydrogens (tertiary/aromatic N) is 6. The van der Waals surface area contributed by atoms with Crippen LogP contribution in [0.2, 0.25) is 0 Å². The van der Waals surface area contributed by atoms with E-state index in [1.165, 1.54) is 9.80 Å². The molecule has 54 heavy (non-hydrogen) atoms. The number of carbonyl (C=O) groups excluding carboxylic acids is 4. The first-order chi connectivity index (χ1) is 26.3. The Morgan fingerprint density at radius 1 is 0.593 bits per heavy atom. The fourth-order valence-electron chi connectivity index (χ4n) is 8.95. The highest BCUT2D eigenvalue weighted by Crippen LogP contribution is 2.45. The lowest BCUT2D eigenvalue weighted by Gasteiger charge is -2.35. The van der Waals surface area contributed by atoms with E-state index in [0.29, 0.717) is 70.7 Å². The van der Waals surface area contributed by atoms with Crippen LogP contribution in [0.1, 0.15) is 80.0 Å². The van der Waals surface area contributed by atoms with E-state index in [4.69, 9.17) is 9.47 Å². The van der Waals surface area contributed by atoms with Gasteiger partial charge in [0.05, 0.1) is 47.6 Å². The molecule has 2 aromatic carbocycles. The average molecular weight is 745 g/mol. The largest absolute Gasteiger partial charge is 0.384 e. The molecule has 14 heteroatoms. The lowest BCUT2D eigenvalue weighted by atomic mass is 9.83. The van der Waals surface area contributed by atoms with Gasteiger partial charge in [0.2, 0.25) is 0 Å². The van der Waals surface area contributed by atoms with Crippen molar-refractivity contribution in [3.05, 3.63) is 34.4 Å². The number of hydrogen-bond donors (Lipinski definition) is 2. The van der Waals surface area contributed by atoms with Crippen LogP contribution in [0.3, 0.4) is 0 Å². The van der Waals surface area contributed by atoms with Gasteiger partial charge in [0.1, 0.15) is 0 Å². The minimum atomic E-state index is -0.421. The van der Waals surface area contributed by atoms with E-state index in [1.54, 1.807) is 12.1 Å². The molecular weight excluding hydrogens is 688 g/mol. The summed E-state index contributed by atoms with van der Waals surface area (Å²) in [6.07, 6.45) is 4.55. The molecule has 6 aliphatic heterocycles. The zero-order valence-electron chi connectivity index (χ0n) is 32.0. The van der Waals surface area contributed by atoms with E-state index < -0.39 is 23.6 Å². The van der Waals surface area contributed by atoms with E-state index in [0.717, 1.165) is 104 Å². The second-order valence-corrected chi connectivity index (χ2v) is 16.0. The van der Waals surface area contributed by atoms with Crippen LogP contribution in [-0.2, 0) is 9.47 Å². The minimum absolute atomic E-state index is 0.158. The third kappa shape index (κ3) is 7.48. The monoisotopic (exact) mass is 744 g/mol. The number of nitrogens with one attached hydrogen (secondary N) is 2. The Morgan fingerprint density at radius 2 is 1.00 bits per heavy atom. The summed E-state index contributed by atoms with van der Waals surface area (Å²) in [7, 11) is 4.29. The number of likely N-dealkylation sites (N-methyl/N-ethyl adjacent to an activating group) is 2. The number of ether oxygens (including phenoxy) is 2. The summed E-state index contributed by atoms with van der Waals surface area (Å²) in [5.41, 5.74) is 2.39. The molecule has 4 amide bonds. The van der Waals surface area contributed by atoms with Gasteiger partial charge >= 0.3 is 0 Å². The summed E-state index contributed by atoms with van der Waals surface area (Å²) in [6, 6.07) is 3.51. The van der Waals surface area contributed by atoms with Gasteiger partial charge in [-0.3, -0.25) is 29.0 Å². The fourth-order valence-corrected chi connectivity index (χ4v) is 8.95. The van der Waals surface area contributed by atoms with E-state index >= 15 is 0 Å². The van der Waals surface area contributed by atoms with Gasteiger partial charge in [0, 0.05) is 101 Å². The number of rotatable bonds is 14. The molecule has 0 aliphatic carbocycles. The molecule has 8 rings (SSSR count). The number of carbonyl (C=O) groups is 4. The predicted molar refractivity (Wildman–Crippen MR) is 207 cm³/mol. The van der Waals surface area contributed by atoms with Crippen LogP contribution in [0.4, 0.5) is 11.4 Å². The van der Waals surface area contributed by atoms with E-state index in [9.17, 15) is 19.2 Å². The average Bonchev–Trinajstić information content (AvgIpc) is 3.90. The van der Waals surface area contributed by atoms with Crippen LogP contribution < -0.4 is 10.6 Å². The van der Waals surface area contributed by atoms with Crippen LogP contribution in [0.25, 0.3) is 10.8 Å². The van der Waals surface area contributed by atoms with Crippen molar-refractivity contribution in [1.82, 2.24) is 29.4 Å². The number of amides is 4. The van der Waals surface area contributed by atoms with Gasteiger partial charge in [-0.2, -0.15) is 0 Å². The lowest BCUT2D eigenvalue weighted by Crippen LogP contribution is -2.47. The number of anilines is 2. The number of piperazine rings is 2. The van der Waals surface area contributed by atoms with Crippen molar-refractivity contribution in [1.29, 1.82) is 0 Å². The molecule has 0 unspecified atom stereocenters. The highest BCUT2D eigenvalue weighted by molar-refractivity contribution is 6.36. The highest BCUT2D eigenvalue weighted by atomic mass is 16.5. The molecule has 292 valence electrons. The fraction of sp³-hybridized carbons (Fsp3) is 0.650. The molecule has 0 saturated carbocycles. The molecule has 6 heterocycles. The first-order valence-corrected chi connectivity index (χ1v) is 20.2. The number of hydrogen-bond acceptors (Lipinski definition) is 12. The SMILES string of the molecule is CN1CCN(CCCNc2cc3c4c(c(NCCCN5CCN(C)CC5)cc5c4c2C(=O)N(C[C@H]2CCCO2)C5=O)C(=O)N(C[C@@H]2CCCO2)C3=O)CC1. The predicted octanol–water partition coefficient (Wildman–Crippen LogP) is 2.49. The number of benzene rings is 2. The molecular formula is C40H56N8O6. The molecule has 0 spiro atoms. The Hall–Kier alpha value is -3.66. The Kier molecular flexibility index (Phi) is 11.2. The van der Waals surface area contributed by atoms with E-state index in [-0.39, 0.29) is 25.3 Å². The van der Waals surface area contributed by atoms with E-state index in [2.05, 4.69) is 44.3 Å². The van der Waals surface area contributed by atoms with Crippen molar-refractivity contribution >= 4 is 45.8 Å². The molecule has 0 aromatic heterocycles. The van der Waals surface area contributed by atoms with Crippen molar-refractivity contribution < 1.29 is 28.7 Å². The Balaban J connectivity index is 1.16. The van der Waals surface area contributed by atoms with Gasteiger partial charge in [-0.25, -0.2) is 0 Å². The Bertz CT molecular complexity index is 1630. The minimum Gasteiger partial charge on any atom is -0.384 e. The summed E-state index contributed by atoms with van der Waals surface area (Å²) in [5, 5.41) is 7.83. The van der Waals surface area contributed by atoms with Crippen molar-refractivity contribution in [3.63, 3.8) is 0 Å². The second kappa shape index (κ2) is 16.2.